The monoisotopic (exact) mass is 1090 g/mol. The van der Waals surface area contributed by atoms with Gasteiger partial charge in [-0.25, -0.2) is 14.8 Å². The van der Waals surface area contributed by atoms with Gasteiger partial charge >= 0.3 is 23.9 Å². The number of nitrogens with one attached hydrogen (secondary N) is 5. The minimum Gasteiger partial charge on any atom is -0.480 e. The van der Waals surface area contributed by atoms with Crippen molar-refractivity contribution in [2.45, 2.75) is 130 Å². The summed E-state index contributed by atoms with van der Waals surface area (Å²) in [4.78, 5) is 125. The Labute approximate surface area is 456 Å². The lowest BCUT2D eigenvalue weighted by atomic mass is 10.1. The van der Waals surface area contributed by atoms with Gasteiger partial charge in [0.25, 0.3) is 11.5 Å². The van der Waals surface area contributed by atoms with Crippen LogP contribution in [0, 0.1) is 0 Å². The molecule has 432 valence electrons. The quantitative estimate of drug-likeness (QED) is 0.0383. The number of carbonyl (C=O) groups is 7. The molecule has 8 N–H and O–H groups in total. The van der Waals surface area contributed by atoms with E-state index in [0.717, 1.165) is 0 Å². The van der Waals surface area contributed by atoms with Gasteiger partial charge < -0.3 is 46.3 Å². The average Bonchev–Trinajstić information content (AvgIpc) is 3.31. The standard InChI is InChI=1S/C53H83N13O12/c1-51(2,3)76-42(69)33-64-24-22-63(23-25-65(34-43(70)77-52(4,5)6)27-29-66(28-26-64)35-44(71)78-53(7,8)9)32-41(68)56-21-13-11-15-40(67)55-20-12-10-14-39(49(74)75)60-47(72)36-16-18-37(19-17-36)57-30-38-31-58-46-45(59-38)48(73)62-50(54)61-46/h16-19,31,39,57H,10-15,20-30,32-35H2,1-9H3,(H,55,67)(H,56,68)(H,60,72)(H,74,75)(H3,54,58,61,62,73). The van der Waals surface area contributed by atoms with Crippen LogP contribution < -0.4 is 32.6 Å². The van der Waals surface area contributed by atoms with Crippen LogP contribution in [0.25, 0.3) is 11.2 Å². The molecule has 78 heavy (non-hydrogen) atoms. The van der Waals surface area contributed by atoms with Gasteiger partial charge in [-0.05, 0) is 119 Å². The molecule has 1 aliphatic heterocycles. The highest BCUT2D eigenvalue weighted by Crippen LogP contribution is 2.15. The summed E-state index contributed by atoms with van der Waals surface area (Å²) in [5, 5.41) is 21.3. The Hall–Kier alpha value is -6.83. The Morgan fingerprint density at radius 3 is 1.59 bits per heavy atom. The van der Waals surface area contributed by atoms with Crippen LogP contribution in [0.3, 0.4) is 0 Å². The summed E-state index contributed by atoms with van der Waals surface area (Å²) in [5.41, 5.74) is 4.55. The molecule has 3 amide bonds. The molecule has 0 spiro atoms. The van der Waals surface area contributed by atoms with E-state index in [0.29, 0.717) is 103 Å². The summed E-state index contributed by atoms with van der Waals surface area (Å²) in [7, 11) is 0. The lowest BCUT2D eigenvalue weighted by Gasteiger charge is -2.34. The van der Waals surface area contributed by atoms with Crippen LogP contribution in [-0.4, -0.2) is 201 Å². The fourth-order valence-electron chi connectivity index (χ4n) is 8.05. The molecule has 1 atom stereocenters. The molecule has 25 nitrogen and oxygen atoms in total. The molecule has 0 bridgehead atoms. The second kappa shape index (κ2) is 30.4. The molecule has 0 radical (unpaired) electrons. The predicted octanol–water partition coefficient (Wildman–Crippen LogP) is 1.91. The minimum atomic E-state index is -1.18. The smallest absolute Gasteiger partial charge is 0.326 e. The maximum atomic E-state index is 13.4. The predicted molar refractivity (Wildman–Crippen MR) is 292 cm³/mol. The molecule has 3 heterocycles. The van der Waals surface area contributed by atoms with E-state index in [2.05, 4.69) is 41.2 Å². The molecule has 1 unspecified atom stereocenters. The zero-order chi connectivity index (χ0) is 57.6. The van der Waals surface area contributed by atoms with Gasteiger partial charge in [-0.1, -0.05) is 0 Å². The molecule has 1 saturated heterocycles. The fraction of sp³-hybridized carbons (Fsp3) is 0.642. The van der Waals surface area contributed by atoms with Gasteiger partial charge in [-0.3, -0.25) is 58.1 Å². The third-order valence-corrected chi connectivity index (χ3v) is 11.7. The number of benzene rings is 1. The van der Waals surface area contributed by atoms with Crippen LogP contribution in [-0.2, 0) is 49.5 Å². The van der Waals surface area contributed by atoms with Crippen LogP contribution in [0.15, 0.2) is 35.3 Å². The van der Waals surface area contributed by atoms with Gasteiger partial charge in [0.2, 0.25) is 17.8 Å². The van der Waals surface area contributed by atoms with Crippen molar-refractivity contribution in [3.8, 4) is 0 Å². The van der Waals surface area contributed by atoms with Gasteiger partial charge in [0, 0.05) is 83.1 Å². The number of esters is 3. The zero-order valence-electron chi connectivity index (χ0n) is 47.0. The van der Waals surface area contributed by atoms with E-state index in [1.807, 2.05) is 40.4 Å². The topological polar surface area (TPSA) is 326 Å². The highest BCUT2D eigenvalue weighted by atomic mass is 16.6. The number of carboxylic acids is 1. The normalized spacial score (nSPS) is 15.2. The SMILES string of the molecule is CC(C)(C)OC(=O)CN1CCN(CC(=O)NCCCCC(=O)NCCCCC(NC(=O)c2ccc(NCc3cnc4nc(N)[nH]c(=O)c4n3)cc2)C(=O)O)CCN(CC(=O)OC(C)(C)C)CCN(CC(=O)OC(C)(C)C)CC1. The number of H-pyrrole nitrogens is 1. The molecule has 0 aliphatic carbocycles. The first kappa shape index (κ1) is 63.7. The molecular weight excluding hydrogens is 1010 g/mol. The third-order valence-electron chi connectivity index (χ3n) is 11.7. The summed E-state index contributed by atoms with van der Waals surface area (Å²) in [6, 6.07) is 5.26. The molecule has 4 rings (SSSR count). The van der Waals surface area contributed by atoms with E-state index in [1.54, 1.807) is 65.8 Å². The maximum Gasteiger partial charge on any atom is 0.326 e. The number of ether oxygens (including phenoxy) is 3. The largest absolute Gasteiger partial charge is 0.480 e. The van der Waals surface area contributed by atoms with Crippen molar-refractivity contribution >= 4 is 64.4 Å². The van der Waals surface area contributed by atoms with Crippen LogP contribution in [0.5, 0.6) is 0 Å². The molecule has 1 fully saturated rings. The van der Waals surface area contributed by atoms with Crippen molar-refractivity contribution in [3.05, 3.63) is 52.1 Å². The molecule has 0 saturated carbocycles. The van der Waals surface area contributed by atoms with Crippen molar-refractivity contribution in [2.75, 3.05) is 103 Å². The summed E-state index contributed by atoms with van der Waals surface area (Å²) >= 11 is 0. The Morgan fingerprint density at radius 2 is 1.12 bits per heavy atom. The molecule has 1 aromatic carbocycles. The van der Waals surface area contributed by atoms with E-state index < -0.39 is 52.2 Å². The summed E-state index contributed by atoms with van der Waals surface area (Å²) in [6.45, 7) is 20.5. The number of unbranched alkanes of at least 4 members (excludes halogenated alkanes) is 2. The number of amides is 3. The lowest BCUT2D eigenvalue weighted by Crippen LogP contribution is -2.50. The number of aliphatic carboxylic acids is 1. The van der Waals surface area contributed by atoms with Gasteiger partial charge in [0.15, 0.2) is 11.2 Å². The number of hydrogen-bond acceptors (Lipinski definition) is 20. The van der Waals surface area contributed by atoms with E-state index in [9.17, 15) is 43.5 Å². The van der Waals surface area contributed by atoms with Gasteiger partial charge in [-0.15, -0.1) is 0 Å². The van der Waals surface area contributed by atoms with Crippen molar-refractivity contribution < 1.29 is 52.9 Å². The number of nitrogen functional groups attached to an aromatic ring is 1. The number of rotatable bonds is 24. The maximum absolute atomic E-state index is 13.4. The van der Waals surface area contributed by atoms with E-state index >= 15 is 0 Å². The Morgan fingerprint density at radius 1 is 0.654 bits per heavy atom. The van der Waals surface area contributed by atoms with Crippen molar-refractivity contribution in [3.63, 3.8) is 0 Å². The highest BCUT2D eigenvalue weighted by Gasteiger charge is 2.27. The number of carbonyl (C=O) groups excluding carboxylic acids is 6. The van der Waals surface area contributed by atoms with Crippen LogP contribution in [0.1, 0.15) is 117 Å². The third kappa shape index (κ3) is 25.5. The summed E-state index contributed by atoms with van der Waals surface area (Å²) in [5.74, 6) is -3.36. The van der Waals surface area contributed by atoms with Crippen LogP contribution in [0.4, 0.5) is 11.6 Å². The Balaban J connectivity index is 1.20. The number of aromatic amines is 1. The minimum absolute atomic E-state index is 0.00790. The number of hydrogen-bond donors (Lipinski definition) is 7. The lowest BCUT2D eigenvalue weighted by molar-refractivity contribution is -0.158. The molecule has 2 aromatic heterocycles. The fourth-order valence-corrected chi connectivity index (χ4v) is 8.05. The highest BCUT2D eigenvalue weighted by molar-refractivity contribution is 5.96. The number of aromatic nitrogens is 4. The first-order chi connectivity index (χ1) is 36.6. The summed E-state index contributed by atoms with van der Waals surface area (Å²) in [6.07, 6.45) is 3.82. The zero-order valence-corrected chi connectivity index (χ0v) is 47.0. The average molecular weight is 1090 g/mol. The first-order valence-corrected chi connectivity index (χ1v) is 26.6. The number of fused-ring (bicyclic) bond motifs is 1. The molecule has 3 aromatic rings. The van der Waals surface area contributed by atoms with Crippen molar-refractivity contribution in [1.29, 1.82) is 0 Å². The number of nitrogens with zero attached hydrogens (tertiary/aromatic N) is 7. The second-order valence-electron chi connectivity index (χ2n) is 22.3. The van der Waals surface area contributed by atoms with Gasteiger partial charge in [-0.2, -0.15) is 4.98 Å². The first-order valence-electron chi connectivity index (χ1n) is 26.6. The molecule has 25 heteroatoms. The number of carboxylic acid groups (broad SMARTS) is 1. The second-order valence-corrected chi connectivity index (χ2v) is 22.3. The summed E-state index contributed by atoms with van der Waals surface area (Å²) < 4.78 is 16.9. The van der Waals surface area contributed by atoms with E-state index in [-0.39, 0.29) is 86.0 Å². The molecule has 1 aliphatic rings. The van der Waals surface area contributed by atoms with Gasteiger partial charge in [0.1, 0.15) is 22.8 Å². The number of nitrogens with two attached hydrogens (primary N) is 1. The number of anilines is 2. The Kier molecular flexibility index (Phi) is 24.8. The Bertz CT molecular complexity index is 2490. The van der Waals surface area contributed by atoms with Gasteiger partial charge in [0.05, 0.1) is 44.6 Å². The van der Waals surface area contributed by atoms with Crippen molar-refractivity contribution in [2.24, 2.45) is 0 Å². The van der Waals surface area contributed by atoms with Crippen LogP contribution in [0.2, 0.25) is 0 Å². The van der Waals surface area contributed by atoms with E-state index in [4.69, 9.17) is 19.9 Å². The molecular formula is C53H83N13O12. The van der Waals surface area contributed by atoms with E-state index in [1.165, 1.54) is 6.20 Å². The van der Waals surface area contributed by atoms with Crippen LogP contribution >= 0.6 is 0 Å². The van der Waals surface area contributed by atoms with Crippen molar-refractivity contribution in [1.82, 2.24) is 55.5 Å².